The van der Waals surface area contributed by atoms with Gasteiger partial charge in [-0.1, -0.05) is 31.2 Å². The molecule has 2 aromatic carbocycles. The van der Waals surface area contributed by atoms with Crippen molar-refractivity contribution in [1.82, 2.24) is 0 Å². The van der Waals surface area contributed by atoms with Crippen LogP contribution in [-0.2, 0) is 0 Å². The Morgan fingerprint density at radius 2 is 1.74 bits per heavy atom. The third kappa shape index (κ3) is 3.15. The molecule has 0 aromatic heterocycles. The average molecular weight is 255 g/mol. The molecular weight excluding hydrogens is 234 g/mol. The highest BCUT2D eigenvalue weighted by molar-refractivity contribution is 5.41. The normalized spacial score (nSPS) is 12.2. The second kappa shape index (κ2) is 5.89. The van der Waals surface area contributed by atoms with Gasteiger partial charge >= 0.3 is 0 Å². The highest BCUT2D eigenvalue weighted by atomic mass is 16.5. The molecular formula is C17H21NO. The van der Waals surface area contributed by atoms with Crippen molar-refractivity contribution in [2.45, 2.75) is 33.2 Å². The highest BCUT2D eigenvalue weighted by Gasteiger charge is 2.05. The van der Waals surface area contributed by atoms with Crippen LogP contribution in [0.4, 0.5) is 0 Å². The lowest BCUT2D eigenvalue weighted by atomic mass is 10.1. The average Bonchev–Trinajstić information content (AvgIpc) is 2.44. The largest absolute Gasteiger partial charge is 0.457 e. The zero-order valence-electron chi connectivity index (χ0n) is 11.8. The Morgan fingerprint density at radius 3 is 2.37 bits per heavy atom. The van der Waals surface area contributed by atoms with Gasteiger partial charge in [0.05, 0.1) is 0 Å². The lowest BCUT2D eigenvalue weighted by molar-refractivity contribution is 0.478. The summed E-state index contributed by atoms with van der Waals surface area (Å²) >= 11 is 0. The number of nitrogens with two attached hydrogens (primary N) is 1. The zero-order valence-corrected chi connectivity index (χ0v) is 11.8. The minimum Gasteiger partial charge on any atom is -0.457 e. The first-order valence-corrected chi connectivity index (χ1v) is 6.71. The van der Waals surface area contributed by atoms with Gasteiger partial charge in [-0.15, -0.1) is 0 Å². The quantitative estimate of drug-likeness (QED) is 0.872. The first-order valence-electron chi connectivity index (χ1n) is 6.71. The minimum atomic E-state index is 0.106. The van der Waals surface area contributed by atoms with Crippen molar-refractivity contribution in [1.29, 1.82) is 0 Å². The van der Waals surface area contributed by atoms with Gasteiger partial charge in [-0.2, -0.15) is 0 Å². The first-order chi connectivity index (χ1) is 9.11. The molecule has 0 heterocycles. The Labute approximate surface area is 115 Å². The van der Waals surface area contributed by atoms with Crippen LogP contribution in [0.1, 0.15) is 36.1 Å². The zero-order chi connectivity index (χ0) is 13.8. The summed E-state index contributed by atoms with van der Waals surface area (Å²) < 4.78 is 5.92. The van der Waals surface area contributed by atoms with Gasteiger partial charge in [0.1, 0.15) is 11.5 Å². The Balaban J connectivity index is 2.18. The fourth-order valence-corrected chi connectivity index (χ4v) is 1.98. The van der Waals surface area contributed by atoms with Crippen LogP contribution in [0.25, 0.3) is 0 Å². The summed E-state index contributed by atoms with van der Waals surface area (Å²) in [5, 5.41) is 0. The second-order valence-corrected chi connectivity index (χ2v) is 4.88. The van der Waals surface area contributed by atoms with Gasteiger partial charge < -0.3 is 10.5 Å². The van der Waals surface area contributed by atoms with Gasteiger partial charge in [0.2, 0.25) is 0 Å². The minimum absolute atomic E-state index is 0.106. The molecule has 0 saturated carbocycles. The molecule has 0 amide bonds. The van der Waals surface area contributed by atoms with Crippen molar-refractivity contribution < 1.29 is 4.74 Å². The summed E-state index contributed by atoms with van der Waals surface area (Å²) in [7, 11) is 0. The van der Waals surface area contributed by atoms with E-state index in [0.29, 0.717) is 0 Å². The number of rotatable bonds is 4. The van der Waals surface area contributed by atoms with Crippen LogP contribution in [-0.4, -0.2) is 0 Å². The molecule has 0 fully saturated rings. The first kappa shape index (κ1) is 13.6. The maximum Gasteiger partial charge on any atom is 0.130 e. The van der Waals surface area contributed by atoms with E-state index in [1.807, 2.05) is 36.4 Å². The van der Waals surface area contributed by atoms with E-state index in [9.17, 15) is 0 Å². The Bertz CT molecular complexity index is 546. The van der Waals surface area contributed by atoms with E-state index in [1.54, 1.807) is 0 Å². The summed E-state index contributed by atoms with van der Waals surface area (Å²) in [5.74, 6) is 1.76. The number of benzene rings is 2. The molecule has 0 aliphatic carbocycles. The van der Waals surface area contributed by atoms with Crippen LogP contribution in [0, 0.1) is 13.8 Å². The van der Waals surface area contributed by atoms with E-state index in [0.717, 1.165) is 23.5 Å². The van der Waals surface area contributed by atoms with Crippen molar-refractivity contribution in [3.8, 4) is 11.5 Å². The van der Waals surface area contributed by atoms with Gasteiger partial charge in [0, 0.05) is 6.04 Å². The van der Waals surface area contributed by atoms with Gasteiger partial charge in [-0.05, 0) is 55.2 Å². The molecule has 0 aliphatic heterocycles. The molecule has 2 heteroatoms. The van der Waals surface area contributed by atoms with E-state index in [1.165, 1.54) is 11.1 Å². The van der Waals surface area contributed by atoms with Crippen LogP contribution in [0.5, 0.6) is 11.5 Å². The number of hydrogen-bond donors (Lipinski definition) is 1. The molecule has 0 aliphatic rings. The molecule has 0 unspecified atom stereocenters. The van der Waals surface area contributed by atoms with Crippen LogP contribution in [0.3, 0.4) is 0 Å². The molecule has 0 bridgehead atoms. The molecule has 0 radical (unpaired) electrons. The fourth-order valence-electron chi connectivity index (χ4n) is 1.98. The predicted octanol–water partition coefficient (Wildman–Crippen LogP) is 4.51. The number of ether oxygens (including phenoxy) is 1. The molecule has 19 heavy (non-hydrogen) atoms. The van der Waals surface area contributed by atoms with Crippen LogP contribution < -0.4 is 10.5 Å². The van der Waals surface area contributed by atoms with Crippen LogP contribution in [0.2, 0.25) is 0 Å². The Hall–Kier alpha value is -1.80. The SMILES string of the molecule is CC[C@@H](N)c1ccc(Oc2cccc(C)c2C)cc1. The molecule has 2 nitrogen and oxygen atoms in total. The van der Waals surface area contributed by atoms with Crippen molar-refractivity contribution in [3.63, 3.8) is 0 Å². The van der Waals surface area contributed by atoms with Gasteiger partial charge in [-0.25, -0.2) is 0 Å². The topological polar surface area (TPSA) is 35.2 Å². The molecule has 2 N–H and O–H groups in total. The third-order valence-corrected chi connectivity index (χ3v) is 3.53. The summed E-state index contributed by atoms with van der Waals surface area (Å²) in [4.78, 5) is 0. The molecule has 2 rings (SSSR count). The lowest BCUT2D eigenvalue weighted by Gasteiger charge is -2.12. The summed E-state index contributed by atoms with van der Waals surface area (Å²) in [6.07, 6.45) is 0.942. The van der Waals surface area contributed by atoms with E-state index in [4.69, 9.17) is 10.5 Å². The van der Waals surface area contributed by atoms with Gasteiger partial charge in [0.25, 0.3) is 0 Å². The highest BCUT2D eigenvalue weighted by Crippen LogP contribution is 2.27. The molecule has 0 spiro atoms. The summed E-state index contributed by atoms with van der Waals surface area (Å²) in [5.41, 5.74) is 9.56. The number of hydrogen-bond acceptors (Lipinski definition) is 2. The predicted molar refractivity (Wildman–Crippen MR) is 79.7 cm³/mol. The molecule has 2 aromatic rings. The van der Waals surface area contributed by atoms with E-state index >= 15 is 0 Å². The Morgan fingerprint density at radius 1 is 1.05 bits per heavy atom. The maximum absolute atomic E-state index is 6.00. The molecule has 0 saturated heterocycles. The van der Waals surface area contributed by atoms with Crippen molar-refractivity contribution >= 4 is 0 Å². The van der Waals surface area contributed by atoms with Crippen molar-refractivity contribution in [2.75, 3.05) is 0 Å². The molecule has 1 atom stereocenters. The number of aryl methyl sites for hydroxylation is 1. The second-order valence-electron chi connectivity index (χ2n) is 4.88. The lowest BCUT2D eigenvalue weighted by Crippen LogP contribution is -2.08. The van der Waals surface area contributed by atoms with Crippen LogP contribution >= 0.6 is 0 Å². The van der Waals surface area contributed by atoms with Gasteiger partial charge in [-0.3, -0.25) is 0 Å². The van der Waals surface area contributed by atoms with E-state index in [-0.39, 0.29) is 6.04 Å². The van der Waals surface area contributed by atoms with Gasteiger partial charge in [0.15, 0.2) is 0 Å². The van der Waals surface area contributed by atoms with E-state index < -0.39 is 0 Å². The fraction of sp³-hybridized carbons (Fsp3) is 0.294. The maximum atomic E-state index is 6.00. The Kier molecular flexibility index (Phi) is 4.23. The van der Waals surface area contributed by atoms with Crippen molar-refractivity contribution in [3.05, 3.63) is 59.2 Å². The van der Waals surface area contributed by atoms with Crippen LogP contribution in [0.15, 0.2) is 42.5 Å². The smallest absolute Gasteiger partial charge is 0.130 e. The summed E-state index contributed by atoms with van der Waals surface area (Å²) in [6, 6.07) is 14.2. The molecule has 100 valence electrons. The van der Waals surface area contributed by atoms with Crippen molar-refractivity contribution in [2.24, 2.45) is 5.73 Å². The monoisotopic (exact) mass is 255 g/mol. The standard InChI is InChI=1S/C17H21NO/c1-4-16(18)14-8-10-15(11-9-14)19-17-7-5-6-12(2)13(17)3/h5-11,16H,4,18H2,1-3H3/t16-/m1/s1. The summed E-state index contributed by atoms with van der Waals surface area (Å²) in [6.45, 7) is 6.25. The van der Waals surface area contributed by atoms with E-state index in [2.05, 4.69) is 26.8 Å². The third-order valence-electron chi connectivity index (χ3n) is 3.53.